The maximum absolute atomic E-state index is 14.2. The summed E-state index contributed by atoms with van der Waals surface area (Å²) >= 11 is 0. The molecule has 2 aromatic rings. The number of ether oxygens (including phenoxy) is 1. The Hall–Kier alpha value is -2.69. The number of hydrazine groups is 1. The van der Waals surface area contributed by atoms with Gasteiger partial charge in [-0.15, -0.1) is 0 Å². The van der Waals surface area contributed by atoms with Crippen LogP contribution in [0.15, 0.2) is 35.9 Å². The fourth-order valence-electron chi connectivity index (χ4n) is 5.07. The Bertz CT molecular complexity index is 1050. The average molecular weight is 504 g/mol. The maximum atomic E-state index is 14.2. The number of halogens is 2. The third-order valence-electron chi connectivity index (χ3n) is 6.96. The topological polar surface area (TPSA) is 92.4 Å². The van der Waals surface area contributed by atoms with Gasteiger partial charge >= 0.3 is 0 Å². The van der Waals surface area contributed by atoms with E-state index in [1.807, 2.05) is 31.2 Å². The molecule has 8 nitrogen and oxygen atoms in total. The normalized spacial score (nSPS) is 17.8. The molecule has 10 heteroatoms. The highest BCUT2D eigenvalue weighted by atomic mass is 19.3. The van der Waals surface area contributed by atoms with Gasteiger partial charge in [0.25, 0.3) is 6.43 Å². The van der Waals surface area contributed by atoms with Gasteiger partial charge in [-0.2, -0.15) is 5.10 Å². The first-order valence-corrected chi connectivity index (χ1v) is 13.0. The highest BCUT2D eigenvalue weighted by Crippen LogP contribution is 2.37. The Morgan fingerprint density at radius 3 is 2.64 bits per heavy atom. The molecule has 5 N–H and O–H groups in total. The number of anilines is 1. The molecule has 0 amide bonds. The van der Waals surface area contributed by atoms with Crippen LogP contribution in [-0.2, 0) is 17.7 Å². The predicted molar refractivity (Wildman–Crippen MR) is 138 cm³/mol. The highest BCUT2D eigenvalue weighted by molar-refractivity contribution is 5.72. The Kier molecular flexibility index (Phi) is 8.81. The molecule has 0 spiro atoms. The summed E-state index contributed by atoms with van der Waals surface area (Å²) in [6.07, 6.45) is 4.65. The summed E-state index contributed by atoms with van der Waals surface area (Å²) in [6, 6.07) is 3.79. The monoisotopic (exact) mass is 503 g/mol. The molecule has 2 aliphatic rings. The number of hydrogen-bond acceptors (Lipinski definition) is 7. The molecule has 0 aliphatic carbocycles. The van der Waals surface area contributed by atoms with E-state index in [1.165, 1.54) is 0 Å². The van der Waals surface area contributed by atoms with E-state index in [0.717, 1.165) is 68.8 Å². The molecule has 1 unspecified atom stereocenters. The lowest BCUT2D eigenvalue weighted by Gasteiger charge is -2.30. The minimum Gasteiger partial charge on any atom is -0.384 e. The van der Waals surface area contributed by atoms with Gasteiger partial charge < -0.3 is 26.1 Å². The van der Waals surface area contributed by atoms with Crippen LogP contribution >= 0.6 is 0 Å². The number of alkyl halides is 2. The van der Waals surface area contributed by atoms with Crippen LogP contribution in [-0.4, -0.2) is 53.8 Å². The first-order chi connectivity index (χ1) is 17.4. The zero-order valence-electron chi connectivity index (χ0n) is 21.5. The average Bonchev–Trinajstić information content (AvgIpc) is 3.52. The number of aryl methyl sites for hydroxylation is 2. The van der Waals surface area contributed by atoms with E-state index in [1.54, 1.807) is 16.9 Å². The number of nitrogens with two attached hydrogens (primary N) is 1. The summed E-state index contributed by atoms with van der Waals surface area (Å²) in [5.41, 5.74) is 14.7. The number of rotatable bonds is 11. The lowest BCUT2D eigenvalue weighted by Crippen LogP contribution is -2.44. The third-order valence-corrected chi connectivity index (χ3v) is 6.96. The van der Waals surface area contributed by atoms with E-state index in [2.05, 4.69) is 28.1 Å². The number of nitrogens with zero attached hydrogens (tertiary/aromatic N) is 3. The summed E-state index contributed by atoms with van der Waals surface area (Å²) in [7, 11) is 1.87. The molecule has 2 aliphatic heterocycles. The largest absolute Gasteiger partial charge is 0.384 e. The van der Waals surface area contributed by atoms with Gasteiger partial charge in [-0.3, -0.25) is 4.68 Å². The number of nitrogens with one attached hydrogen (secondary N) is 3. The van der Waals surface area contributed by atoms with E-state index in [0.29, 0.717) is 29.4 Å². The molecule has 0 bridgehead atoms. The Morgan fingerprint density at radius 1 is 1.22 bits per heavy atom. The van der Waals surface area contributed by atoms with Crippen molar-refractivity contribution in [2.45, 2.75) is 71.1 Å². The molecule has 1 aromatic heterocycles. The van der Waals surface area contributed by atoms with Crippen molar-refractivity contribution in [1.82, 2.24) is 25.5 Å². The van der Waals surface area contributed by atoms with Crippen LogP contribution in [0.25, 0.3) is 11.1 Å². The first-order valence-electron chi connectivity index (χ1n) is 13.0. The van der Waals surface area contributed by atoms with Gasteiger partial charge in [-0.1, -0.05) is 13.3 Å². The van der Waals surface area contributed by atoms with Crippen molar-refractivity contribution in [3.05, 3.63) is 47.0 Å². The van der Waals surface area contributed by atoms with Crippen LogP contribution in [0.1, 0.15) is 57.1 Å². The molecule has 1 atom stereocenters. The van der Waals surface area contributed by atoms with Gasteiger partial charge in [0.2, 0.25) is 0 Å². The molecular weight excluding hydrogens is 464 g/mol. The van der Waals surface area contributed by atoms with E-state index < -0.39 is 12.6 Å². The van der Waals surface area contributed by atoms with Gasteiger partial charge in [-0.05, 0) is 49.4 Å². The summed E-state index contributed by atoms with van der Waals surface area (Å²) in [5.74, 6) is 0. The second-order valence-electron chi connectivity index (χ2n) is 9.37. The lowest BCUT2D eigenvalue weighted by molar-refractivity contribution is 0.0801. The number of aromatic nitrogens is 2. The van der Waals surface area contributed by atoms with E-state index >= 15 is 0 Å². The van der Waals surface area contributed by atoms with Crippen LogP contribution in [0.5, 0.6) is 0 Å². The lowest BCUT2D eigenvalue weighted by atomic mass is 9.95. The van der Waals surface area contributed by atoms with Gasteiger partial charge in [0.1, 0.15) is 6.17 Å². The highest BCUT2D eigenvalue weighted by Gasteiger charge is 2.29. The van der Waals surface area contributed by atoms with Gasteiger partial charge in [-0.25, -0.2) is 14.2 Å². The second kappa shape index (κ2) is 12.0. The van der Waals surface area contributed by atoms with E-state index in [4.69, 9.17) is 10.5 Å². The van der Waals surface area contributed by atoms with Crippen molar-refractivity contribution in [1.29, 1.82) is 0 Å². The summed E-state index contributed by atoms with van der Waals surface area (Å²) in [4.78, 5) is 0. The molecule has 1 saturated heterocycles. The van der Waals surface area contributed by atoms with Crippen LogP contribution in [0, 0.1) is 0 Å². The fourth-order valence-corrected chi connectivity index (χ4v) is 5.07. The Morgan fingerprint density at radius 2 is 2.00 bits per heavy atom. The molecule has 4 rings (SSSR count). The molecule has 0 saturated carbocycles. The molecule has 1 fully saturated rings. The zero-order valence-corrected chi connectivity index (χ0v) is 21.5. The van der Waals surface area contributed by atoms with Crippen LogP contribution in [0.3, 0.4) is 0 Å². The minimum atomic E-state index is -2.62. The van der Waals surface area contributed by atoms with Gasteiger partial charge in [0.15, 0.2) is 0 Å². The van der Waals surface area contributed by atoms with Gasteiger partial charge in [0, 0.05) is 74.5 Å². The zero-order chi connectivity index (χ0) is 25.7. The number of hydrogen-bond donors (Lipinski definition) is 4. The SMILES string of the molecule is CCCc1cc(-c2cnn(CC)c2)c(C(F)F)cc1NC(N)C1=C(NC2CCOCC2)CCN1NC. The van der Waals surface area contributed by atoms with Gasteiger partial charge in [0.05, 0.1) is 11.9 Å². The van der Waals surface area contributed by atoms with Crippen molar-refractivity contribution < 1.29 is 13.5 Å². The quantitative estimate of drug-likeness (QED) is 0.345. The molecule has 0 radical (unpaired) electrons. The van der Waals surface area contributed by atoms with Crippen LogP contribution in [0.4, 0.5) is 14.5 Å². The van der Waals surface area contributed by atoms with Crippen molar-refractivity contribution in [2.75, 3.05) is 32.1 Å². The fraction of sp³-hybridized carbons (Fsp3) is 0.577. The summed E-state index contributed by atoms with van der Waals surface area (Å²) in [6.45, 7) is 7.02. The van der Waals surface area contributed by atoms with Crippen molar-refractivity contribution in [3.8, 4) is 11.1 Å². The smallest absolute Gasteiger partial charge is 0.264 e. The summed E-state index contributed by atoms with van der Waals surface area (Å²) < 4.78 is 35.7. The van der Waals surface area contributed by atoms with Crippen LogP contribution in [0.2, 0.25) is 0 Å². The standard InChI is InChI=1S/C26H39F2N7O/c1-4-6-17-13-20(18-15-31-34(5-2)16-18)21(25(27)28)14-23(17)33-26(29)24-22(7-10-35(24)30-3)32-19-8-11-36-12-9-19/h13-16,19,25-26,30,32-33H,4-12,29H2,1-3H3. The maximum Gasteiger partial charge on any atom is 0.264 e. The molecular formula is C26H39F2N7O. The number of benzene rings is 1. The first kappa shape index (κ1) is 26.4. The predicted octanol–water partition coefficient (Wildman–Crippen LogP) is 3.98. The molecule has 1 aromatic carbocycles. The van der Waals surface area contributed by atoms with Crippen molar-refractivity contribution in [3.63, 3.8) is 0 Å². The van der Waals surface area contributed by atoms with Crippen molar-refractivity contribution >= 4 is 5.69 Å². The Balaban J connectivity index is 1.66. The minimum absolute atomic E-state index is 0.0216. The molecule has 3 heterocycles. The Labute approximate surface area is 212 Å². The van der Waals surface area contributed by atoms with E-state index in [-0.39, 0.29) is 5.56 Å². The third kappa shape index (κ3) is 5.82. The van der Waals surface area contributed by atoms with Crippen molar-refractivity contribution in [2.24, 2.45) is 5.73 Å². The second-order valence-corrected chi connectivity index (χ2v) is 9.37. The van der Waals surface area contributed by atoms with Crippen LogP contribution < -0.4 is 21.8 Å². The summed E-state index contributed by atoms with van der Waals surface area (Å²) in [5, 5.41) is 13.4. The van der Waals surface area contributed by atoms with E-state index in [9.17, 15) is 8.78 Å². The molecule has 198 valence electrons. The molecule has 36 heavy (non-hydrogen) atoms.